The summed E-state index contributed by atoms with van der Waals surface area (Å²) in [5.41, 5.74) is 2.93. The van der Waals surface area contributed by atoms with Crippen LogP contribution in [-0.2, 0) is 0 Å². The Bertz CT molecular complexity index is 648. The molecule has 0 aliphatic heterocycles. The van der Waals surface area contributed by atoms with Crippen molar-refractivity contribution < 1.29 is 4.79 Å². The Morgan fingerprint density at radius 1 is 1.39 bits per heavy atom. The third-order valence-corrected chi connectivity index (χ3v) is 3.55. The van der Waals surface area contributed by atoms with Gasteiger partial charge < -0.3 is 10.2 Å². The number of likely N-dealkylation sites (N-methyl/N-ethyl adjacent to an activating group) is 1. The van der Waals surface area contributed by atoms with Crippen molar-refractivity contribution in [3.05, 3.63) is 54.4 Å². The van der Waals surface area contributed by atoms with Gasteiger partial charge in [0.2, 0.25) is 0 Å². The minimum Gasteiger partial charge on any atom is -0.331 e. The van der Waals surface area contributed by atoms with Crippen molar-refractivity contribution in [1.82, 2.24) is 25.2 Å². The number of amides is 2. The van der Waals surface area contributed by atoms with Gasteiger partial charge in [-0.05, 0) is 38.5 Å². The molecule has 1 aromatic carbocycles. The van der Waals surface area contributed by atoms with E-state index in [2.05, 4.69) is 22.2 Å². The van der Waals surface area contributed by atoms with E-state index >= 15 is 0 Å². The summed E-state index contributed by atoms with van der Waals surface area (Å²) in [6.45, 7) is 10.9. The first kappa shape index (κ1) is 16.7. The molecule has 1 N–H and O–H groups in total. The summed E-state index contributed by atoms with van der Waals surface area (Å²) in [4.78, 5) is 14.0. The third kappa shape index (κ3) is 4.42. The predicted octanol–water partition coefficient (Wildman–Crippen LogP) is 2.94. The fourth-order valence-electron chi connectivity index (χ4n) is 2.27. The van der Waals surface area contributed by atoms with Crippen LogP contribution in [0.2, 0.25) is 0 Å². The lowest BCUT2D eigenvalue weighted by Gasteiger charge is -2.24. The molecule has 1 heterocycles. The largest absolute Gasteiger partial charge is 0.331 e. The lowest BCUT2D eigenvalue weighted by molar-refractivity contribution is 0.201. The highest BCUT2D eigenvalue weighted by Gasteiger charge is 2.15. The zero-order chi connectivity index (χ0) is 16.8. The standard InChI is InChI=1S/C17H23N5O/c1-5-21(12-13(2)3)17(23)19-14(4)15-6-8-16(9-7-15)22-11-10-18-20-22/h6-11,14H,2,5,12H2,1,3-4H3,(H,19,23). The lowest BCUT2D eigenvalue weighted by Crippen LogP contribution is -2.41. The van der Waals surface area contributed by atoms with Crippen LogP contribution in [0.1, 0.15) is 32.4 Å². The second-order valence-electron chi connectivity index (χ2n) is 5.58. The van der Waals surface area contributed by atoms with Crippen molar-refractivity contribution >= 4 is 6.03 Å². The number of nitrogens with one attached hydrogen (secondary N) is 1. The van der Waals surface area contributed by atoms with E-state index in [1.165, 1.54) is 0 Å². The van der Waals surface area contributed by atoms with Crippen LogP contribution in [-0.4, -0.2) is 39.0 Å². The van der Waals surface area contributed by atoms with Gasteiger partial charge in [0.05, 0.1) is 24.1 Å². The molecule has 0 spiro atoms. The highest BCUT2D eigenvalue weighted by molar-refractivity contribution is 5.75. The first-order valence-corrected chi connectivity index (χ1v) is 7.67. The van der Waals surface area contributed by atoms with E-state index in [-0.39, 0.29) is 12.1 Å². The average molecular weight is 313 g/mol. The van der Waals surface area contributed by atoms with Crippen molar-refractivity contribution in [2.75, 3.05) is 13.1 Å². The number of rotatable bonds is 6. The Morgan fingerprint density at radius 3 is 2.61 bits per heavy atom. The molecule has 122 valence electrons. The molecule has 2 aromatic rings. The number of hydrogen-bond donors (Lipinski definition) is 1. The zero-order valence-electron chi connectivity index (χ0n) is 13.9. The first-order valence-electron chi connectivity index (χ1n) is 7.67. The first-order chi connectivity index (χ1) is 11.0. The highest BCUT2D eigenvalue weighted by Crippen LogP contribution is 2.15. The number of aromatic nitrogens is 3. The van der Waals surface area contributed by atoms with Gasteiger partial charge in [0.1, 0.15) is 0 Å². The Morgan fingerprint density at radius 2 is 2.09 bits per heavy atom. The smallest absolute Gasteiger partial charge is 0.318 e. The Labute approximate surface area is 136 Å². The van der Waals surface area contributed by atoms with Gasteiger partial charge in [-0.3, -0.25) is 0 Å². The van der Waals surface area contributed by atoms with Crippen LogP contribution in [0, 0.1) is 0 Å². The molecular formula is C17H23N5O. The van der Waals surface area contributed by atoms with Gasteiger partial charge in [-0.15, -0.1) is 5.10 Å². The molecule has 0 saturated heterocycles. The normalized spacial score (nSPS) is 11.8. The van der Waals surface area contributed by atoms with E-state index in [0.29, 0.717) is 13.1 Å². The summed E-state index contributed by atoms with van der Waals surface area (Å²) >= 11 is 0. The highest BCUT2D eigenvalue weighted by atomic mass is 16.2. The summed E-state index contributed by atoms with van der Waals surface area (Å²) in [6.07, 6.45) is 3.43. The molecular weight excluding hydrogens is 290 g/mol. The summed E-state index contributed by atoms with van der Waals surface area (Å²) in [7, 11) is 0. The molecule has 0 radical (unpaired) electrons. The summed E-state index contributed by atoms with van der Waals surface area (Å²) in [5.74, 6) is 0. The van der Waals surface area contributed by atoms with Gasteiger partial charge >= 0.3 is 6.03 Å². The molecule has 6 nitrogen and oxygen atoms in total. The number of carbonyl (C=O) groups excluding carboxylic acids is 1. The van der Waals surface area contributed by atoms with E-state index in [1.54, 1.807) is 22.0 Å². The van der Waals surface area contributed by atoms with Crippen molar-refractivity contribution in [2.24, 2.45) is 0 Å². The van der Waals surface area contributed by atoms with Crippen LogP contribution < -0.4 is 5.32 Å². The monoisotopic (exact) mass is 313 g/mol. The van der Waals surface area contributed by atoms with E-state index in [0.717, 1.165) is 16.8 Å². The molecule has 0 aliphatic rings. The fourth-order valence-corrected chi connectivity index (χ4v) is 2.27. The van der Waals surface area contributed by atoms with Crippen LogP contribution in [0.25, 0.3) is 5.69 Å². The molecule has 2 amide bonds. The third-order valence-electron chi connectivity index (χ3n) is 3.55. The van der Waals surface area contributed by atoms with E-state index in [9.17, 15) is 4.79 Å². The van der Waals surface area contributed by atoms with Gasteiger partial charge in [0, 0.05) is 13.1 Å². The number of urea groups is 1. The fraction of sp³-hybridized carbons (Fsp3) is 0.353. The van der Waals surface area contributed by atoms with Crippen LogP contribution in [0.3, 0.4) is 0 Å². The molecule has 1 aromatic heterocycles. The molecule has 6 heteroatoms. The second-order valence-corrected chi connectivity index (χ2v) is 5.58. The quantitative estimate of drug-likeness (QED) is 0.834. The maximum absolute atomic E-state index is 12.3. The van der Waals surface area contributed by atoms with E-state index < -0.39 is 0 Å². The van der Waals surface area contributed by atoms with Crippen molar-refractivity contribution in [2.45, 2.75) is 26.8 Å². The predicted molar refractivity (Wildman–Crippen MR) is 90.4 cm³/mol. The van der Waals surface area contributed by atoms with Crippen LogP contribution in [0.5, 0.6) is 0 Å². The van der Waals surface area contributed by atoms with Crippen LogP contribution in [0.4, 0.5) is 4.79 Å². The van der Waals surface area contributed by atoms with Crippen LogP contribution in [0.15, 0.2) is 48.8 Å². The molecule has 2 rings (SSSR count). The minimum atomic E-state index is -0.0802. The Balaban J connectivity index is 2.01. The summed E-state index contributed by atoms with van der Waals surface area (Å²) < 4.78 is 1.69. The number of hydrogen-bond acceptors (Lipinski definition) is 3. The maximum atomic E-state index is 12.3. The molecule has 0 fully saturated rings. The topological polar surface area (TPSA) is 63.1 Å². The number of nitrogens with zero attached hydrogens (tertiary/aromatic N) is 4. The van der Waals surface area contributed by atoms with Crippen molar-refractivity contribution in [1.29, 1.82) is 0 Å². The molecule has 23 heavy (non-hydrogen) atoms. The average Bonchev–Trinajstić information content (AvgIpc) is 3.06. The summed E-state index contributed by atoms with van der Waals surface area (Å²) in [5, 5.41) is 10.8. The molecule has 0 aliphatic carbocycles. The van der Waals surface area contributed by atoms with Gasteiger partial charge in [-0.25, -0.2) is 9.48 Å². The minimum absolute atomic E-state index is 0.0773. The van der Waals surface area contributed by atoms with Crippen molar-refractivity contribution in [3.63, 3.8) is 0 Å². The number of benzene rings is 1. The molecule has 0 bridgehead atoms. The van der Waals surface area contributed by atoms with E-state index in [1.807, 2.05) is 45.0 Å². The number of carbonyl (C=O) groups is 1. The Hall–Kier alpha value is -2.63. The molecule has 1 unspecified atom stereocenters. The van der Waals surface area contributed by atoms with Crippen molar-refractivity contribution in [3.8, 4) is 5.69 Å². The lowest BCUT2D eigenvalue weighted by atomic mass is 10.1. The van der Waals surface area contributed by atoms with Gasteiger partial charge in [-0.1, -0.05) is 29.5 Å². The SMILES string of the molecule is C=C(C)CN(CC)C(=O)NC(C)c1ccc(-n2ccnn2)cc1. The summed E-state index contributed by atoms with van der Waals surface area (Å²) in [6, 6.07) is 7.72. The maximum Gasteiger partial charge on any atom is 0.318 e. The Kier molecular flexibility index (Phi) is 5.51. The molecule has 1 atom stereocenters. The molecule has 0 saturated carbocycles. The zero-order valence-corrected chi connectivity index (χ0v) is 13.9. The second kappa shape index (κ2) is 7.58. The van der Waals surface area contributed by atoms with Gasteiger partial charge in [-0.2, -0.15) is 0 Å². The van der Waals surface area contributed by atoms with Gasteiger partial charge in [0.25, 0.3) is 0 Å². The van der Waals surface area contributed by atoms with Crippen LogP contribution >= 0.6 is 0 Å². The van der Waals surface area contributed by atoms with Gasteiger partial charge in [0.15, 0.2) is 0 Å². The van der Waals surface area contributed by atoms with E-state index in [4.69, 9.17) is 0 Å².